The van der Waals surface area contributed by atoms with E-state index >= 15 is 0 Å². The molecule has 6 nitrogen and oxygen atoms in total. The molecular formula is C18H20ClNO5. The van der Waals surface area contributed by atoms with Gasteiger partial charge in [0, 0.05) is 16.6 Å². The number of hydroxylamine groups is 1. The maximum absolute atomic E-state index is 10.4. The van der Waals surface area contributed by atoms with Gasteiger partial charge in [-0.2, -0.15) is 0 Å². The van der Waals surface area contributed by atoms with Crippen molar-refractivity contribution >= 4 is 17.6 Å². The molecule has 1 saturated carbocycles. The van der Waals surface area contributed by atoms with Gasteiger partial charge in [-0.15, -0.1) is 0 Å². The number of aliphatic hydroxyl groups is 2. The summed E-state index contributed by atoms with van der Waals surface area (Å²) < 4.78 is 0. The molecule has 1 fully saturated rings. The van der Waals surface area contributed by atoms with Gasteiger partial charge in [-0.3, -0.25) is 10.3 Å². The number of carbonyl (C=O) groups is 1. The number of aliphatic hydroxyl groups excluding tert-OH is 2. The molecular weight excluding hydrogens is 346 g/mol. The van der Waals surface area contributed by atoms with E-state index in [0.29, 0.717) is 17.9 Å². The zero-order valence-corrected chi connectivity index (χ0v) is 14.2. The lowest BCUT2D eigenvalue weighted by atomic mass is 9.79. The summed E-state index contributed by atoms with van der Waals surface area (Å²) in [4.78, 5) is 15.3. The monoisotopic (exact) mass is 365 g/mol. The summed E-state index contributed by atoms with van der Waals surface area (Å²) in [6, 6.07) is 6.97. The van der Waals surface area contributed by atoms with Gasteiger partial charge in [0.15, 0.2) is 6.61 Å². The van der Waals surface area contributed by atoms with E-state index in [-0.39, 0.29) is 11.8 Å². The van der Waals surface area contributed by atoms with Gasteiger partial charge in [0.2, 0.25) is 0 Å². The molecule has 0 amide bonds. The number of halogens is 1. The number of hydrogen-bond acceptors (Lipinski definition) is 5. The smallest absolute Gasteiger partial charge is 0.332 e. The highest BCUT2D eigenvalue weighted by Gasteiger charge is 2.45. The van der Waals surface area contributed by atoms with Crippen LogP contribution in [0, 0.1) is 11.8 Å². The Labute approximate surface area is 150 Å². The molecule has 3 rings (SSSR count). The molecule has 0 saturated heterocycles. The molecule has 0 heterocycles. The normalized spacial score (nSPS) is 26.4. The zero-order chi connectivity index (χ0) is 18.0. The lowest BCUT2D eigenvalue weighted by molar-refractivity contribution is -0.144. The van der Waals surface area contributed by atoms with Crippen molar-refractivity contribution in [3.8, 4) is 0 Å². The molecule has 4 N–H and O–H groups in total. The van der Waals surface area contributed by atoms with Crippen LogP contribution >= 0.6 is 11.6 Å². The van der Waals surface area contributed by atoms with Crippen molar-refractivity contribution < 1.29 is 25.0 Å². The number of benzene rings is 1. The highest BCUT2D eigenvalue weighted by Crippen LogP contribution is 2.49. The van der Waals surface area contributed by atoms with Crippen LogP contribution in [0.1, 0.15) is 24.5 Å². The third kappa shape index (κ3) is 4.04. The SMILES string of the molecule is O=C(O)CONC1=C2CC(O)C(C=CC(O)c3ccc(Cl)cc3)[C@@H]2C1. The molecule has 1 aromatic rings. The molecule has 0 spiro atoms. The Balaban J connectivity index is 1.60. The Morgan fingerprint density at radius 3 is 2.76 bits per heavy atom. The molecule has 25 heavy (non-hydrogen) atoms. The Morgan fingerprint density at radius 1 is 1.36 bits per heavy atom. The van der Waals surface area contributed by atoms with E-state index in [1.165, 1.54) is 0 Å². The summed E-state index contributed by atoms with van der Waals surface area (Å²) in [5.41, 5.74) is 5.31. The third-order valence-corrected chi connectivity index (χ3v) is 4.97. The van der Waals surface area contributed by atoms with Crippen LogP contribution in [-0.4, -0.2) is 34.0 Å². The molecule has 1 aromatic carbocycles. The summed E-state index contributed by atoms with van der Waals surface area (Å²) in [5, 5.41) is 29.7. The number of hydrogen-bond donors (Lipinski definition) is 4. The van der Waals surface area contributed by atoms with Crippen molar-refractivity contribution in [3.05, 3.63) is 58.3 Å². The number of nitrogens with one attached hydrogen (secondary N) is 1. The molecule has 134 valence electrons. The number of carboxylic acid groups (broad SMARTS) is 1. The summed E-state index contributed by atoms with van der Waals surface area (Å²) in [7, 11) is 0. The second-order valence-corrected chi connectivity index (χ2v) is 6.77. The molecule has 0 bridgehead atoms. The minimum absolute atomic E-state index is 0.0676. The largest absolute Gasteiger partial charge is 0.479 e. The van der Waals surface area contributed by atoms with Crippen molar-refractivity contribution in [2.45, 2.75) is 25.0 Å². The molecule has 7 heteroatoms. The first-order chi connectivity index (χ1) is 12.0. The third-order valence-electron chi connectivity index (χ3n) is 4.72. The lowest BCUT2D eigenvalue weighted by Gasteiger charge is -2.31. The summed E-state index contributed by atoms with van der Waals surface area (Å²) in [5.74, 6) is -0.918. The van der Waals surface area contributed by atoms with E-state index in [1.807, 2.05) is 6.08 Å². The Morgan fingerprint density at radius 2 is 2.08 bits per heavy atom. The van der Waals surface area contributed by atoms with Crippen molar-refractivity contribution in [1.82, 2.24) is 5.48 Å². The van der Waals surface area contributed by atoms with E-state index < -0.39 is 24.8 Å². The van der Waals surface area contributed by atoms with Gasteiger partial charge in [0.05, 0.1) is 12.2 Å². The minimum atomic E-state index is -1.04. The fourth-order valence-electron chi connectivity index (χ4n) is 3.40. The molecule has 2 aliphatic rings. The first-order valence-corrected chi connectivity index (χ1v) is 8.45. The quantitative estimate of drug-likeness (QED) is 0.436. The van der Waals surface area contributed by atoms with Gasteiger partial charge in [0.25, 0.3) is 0 Å². The average molecular weight is 366 g/mol. The summed E-state index contributed by atoms with van der Waals surface area (Å²) >= 11 is 5.84. The number of carboxylic acids is 1. The molecule has 2 aliphatic carbocycles. The van der Waals surface area contributed by atoms with Gasteiger partial charge in [-0.1, -0.05) is 35.9 Å². The average Bonchev–Trinajstić information content (AvgIpc) is 2.81. The van der Waals surface area contributed by atoms with E-state index in [2.05, 4.69) is 5.48 Å². The predicted octanol–water partition coefficient (Wildman–Crippen LogP) is 2.19. The number of allylic oxidation sites excluding steroid dienone is 1. The first kappa shape index (κ1) is 17.9. The van der Waals surface area contributed by atoms with Crippen LogP contribution in [0.3, 0.4) is 0 Å². The highest BCUT2D eigenvalue weighted by atomic mass is 35.5. The molecule has 0 radical (unpaired) electrons. The van der Waals surface area contributed by atoms with Crippen molar-refractivity contribution in [3.63, 3.8) is 0 Å². The summed E-state index contributed by atoms with van der Waals surface area (Å²) in [6.45, 7) is -0.416. The van der Waals surface area contributed by atoms with Crippen LogP contribution in [0.4, 0.5) is 0 Å². The number of aliphatic carboxylic acids is 1. The minimum Gasteiger partial charge on any atom is -0.479 e. The Kier molecular flexibility index (Phi) is 5.44. The van der Waals surface area contributed by atoms with Gasteiger partial charge >= 0.3 is 5.97 Å². The molecule has 4 atom stereocenters. The first-order valence-electron chi connectivity index (χ1n) is 8.07. The second kappa shape index (κ2) is 7.58. The van der Waals surface area contributed by atoms with Crippen LogP contribution in [0.25, 0.3) is 0 Å². The fourth-order valence-corrected chi connectivity index (χ4v) is 3.52. The van der Waals surface area contributed by atoms with Crippen LogP contribution in [0.2, 0.25) is 5.02 Å². The van der Waals surface area contributed by atoms with Crippen LogP contribution in [-0.2, 0) is 9.63 Å². The maximum Gasteiger partial charge on any atom is 0.332 e. The van der Waals surface area contributed by atoms with E-state index in [1.54, 1.807) is 30.3 Å². The van der Waals surface area contributed by atoms with Gasteiger partial charge in [-0.25, -0.2) is 4.79 Å². The van der Waals surface area contributed by atoms with Gasteiger partial charge in [-0.05, 0) is 42.0 Å². The Hall–Kier alpha value is -1.86. The molecule has 0 aliphatic heterocycles. The fraction of sp³-hybridized carbons (Fsp3) is 0.389. The van der Waals surface area contributed by atoms with E-state index in [9.17, 15) is 15.0 Å². The lowest BCUT2D eigenvalue weighted by Crippen LogP contribution is -2.30. The number of rotatable bonds is 7. The van der Waals surface area contributed by atoms with Crippen molar-refractivity contribution in [1.29, 1.82) is 0 Å². The van der Waals surface area contributed by atoms with E-state index in [4.69, 9.17) is 21.5 Å². The topological polar surface area (TPSA) is 99.0 Å². The zero-order valence-electron chi connectivity index (χ0n) is 13.4. The van der Waals surface area contributed by atoms with Crippen molar-refractivity contribution in [2.75, 3.05) is 6.61 Å². The second-order valence-electron chi connectivity index (χ2n) is 6.33. The van der Waals surface area contributed by atoms with Gasteiger partial charge < -0.3 is 15.3 Å². The molecule has 0 aromatic heterocycles. The maximum atomic E-state index is 10.4. The van der Waals surface area contributed by atoms with Gasteiger partial charge in [0.1, 0.15) is 0 Å². The highest BCUT2D eigenvalue weighted by molar-refractivity contribution is 6.30. The van der Waals surface area contributed by atoms with E-state index in [0.717, 1.165) is 16.8 Å². The van der Waals surface area contributed by atoms with Crippen LogP contribution in [0.15, 0.2) is 47.7 Å². The Bertz CT molecular complexity index is 700. The summed E-state index contributed by atoms with van der Waals surface area (Å²) in [6.07, 6.45) is 3.48. The molecule has 3 unspecified atom stereocenters. The predicted molar refractivity (Wildman–Crippen MR) is 91.5 cm³/mol. The standard InChI is InChI=1S/C18H20ClNO5/c19-11-3-1-10(2-4-11)16(21)6-5-12-13-7-15(14(13)8-17(12)22)20-25-9-18(23)24/h1-6,12-13,16-17,20-22H,7-9H2,(H,23,24)/t12?,13-,16?,17?/m0/s1. The van der Waals surface area contributed by atoms with Crippen LogP contribution in [0.5, 0.6) is 0 Å². The van der Waals surface area contributed by atoms with Crippen LogP contribution < -0.4 is 5.48 Å². The van der Waals surface area contributed by atoms with Crippen molar-refractivity contribution in [2.24, 2.45) is 11.8 Å². The number of fused-ring (bicyclic) bond motifs is 1.